The smallest absolute Gasteiger partial charge is 0.0997 e. The van der Waals surface area contributed by atoms with E-state index in [9.17, 15) is 0 Å². The van der Waals surface area contributed by atoms with Crippen molar-refractivity contribution in [3.63, 3.8) is 0 Å². The standard InChI is InChI=1S/C12H12N2O/c1-2-4-12(5-3-1)14-15-10-11-6-8-13-9-7-11/h1-9,14H,10H2. The molecule has 0 fully saturated rings. The molecule has 0 atom stereocenters. The van der Waals surface area contributed by atoms with Gasteiger partial charge in [0, 0.05) is 12.4 Å². The van der Waals surface area contributed by atoms with Crippen LogP contribution < -0.4 is 5.48 Å². The average molecular weight is 200 g/mol. The third-order valence-electron chi connectivity index (χ3n) is 1.95. The third-order valence-corrected chi connectivity index (χ3v) is 1.95. The molecule has 1 aromatic heterocycles. The Morgan fingerprint density at radius 2 is 1.73 bits per heavy atom. The molecule has 1 N–H and O–H groups in total. The van der Waals surface area contributed by atoms with E-state index < -0.39 is 0 Å². The minimum Gasteiger partial charge on any atom is -0.271 e. The van der Waals surface area contributed by atoms with Gasteiger partial charge in [0.25, 0.3) is 0 Å². The lowest BCUT2D eigenvalue weighted by Crippen LogP contribution is -2.01. The van der Waals surface area contributed by atoms with E-state index in [-0.39, 0.29) is 0 Å². The van der Waals surface area contributed by atoms with Gasteiger partial charge in [-0.25, -0.2) is 0 Å². The number of nitrogens with zero attached hydrogens (tertiary/aromatic N) is 1. The molecule has 0 amide bonds. The first-order valence-electron chi connectivity index (χ1n) is 4.77. The summed E-state index contributed by atoms with van der Waals surface area (Å²) in [4.78, 5) is 9.26. The number of nitrogens with one attached hydrogen (secondary N) is 1. The quantitative estimate of drug-likeness (QED) is 0.770. The summed E-state index contributed by atoms with van der Waals surface area (Å²) in [5, 5.41) is 0. The lowest BCUT2D eigenvalue weighted by molar-refractivity contribution is 0.180. The van der Waals surface area contributed by atoms with E-state index in [0.717, 1.165) is 11.3 Å². The molecule has 2 aromatic rings. The van der Waals surface area contributed by atoms with Gasteiger partial charge in [0.15, 0.2) is 0 Å². The molecule has 3 heteroatoms. The van der Waals surface area contributed by atoms with Crippen LogP contribution in [-0.2, 0) is 11.4 Å². The number of para-hydroxylation sites is 1. The van der Waals surface area contributed by atoms with Gasteiger partial charge in [0.1, 0.15) is 0 Å². The van der Waals surface area contributed by atoms with Crippen LogP contribution in [-0.4, -0.2) is 4.98 Å². The summed E-state index contributed by atoms with van der Waals surface area (Å²) in [7, 11) is 0. The predicted octanol–water partition coefficient (Wildman–Crippen LogP) is 2.63. The summed E-state index contributed by atoms with van der Waals surface area (Å²) >= 11 is 0. The number of rotatable bonds is 4. The van der Waals surface area contributed by atoms with E-state index in [1.54, 1.807) is 12.4 Å². The summed E-state index contributed by atoms with van der Waals surface area (Å²) in [6, 6.07) is 13.6. The average Bonchev–Trinajstić information content (AvgIpc) is 2.32. The van der Waals surface area contributed by atoms with E-state index in [2.05, 4.69) is 10.5 Å². The summed E-state index contributed by atoms with van der Waals surface area (Å²) in [5.41, 5.74) is 4.91. The maximum Gasteiger partial charge on any atom is 0.0997 e. The molecule has 1 heterocycles. The van der Waals surface area contributed by atoms with Crippen LogP contribution >= 0.6 is 0 Å². The second kappa shape index (κ2) is 5.12. The van der Waals surface area contributed by atoms with Crippen molar-refractivity contribution >= 4 is 5.69 Å². The largest absolute Gasteiger partial charge is 0.271 e. The van der Waals surface area contributed by atoms with Crippen LogP contribution in [0.15, 0.2) is 54.9 Å². The Balaban J connectivity index is 1.81. The van der Waals surface area contributed by atoms with E-state index in [0.29, 0.717) is 6.61 Å². The van der Waals surface area contributed by atoms with Gasteiger partial charge in [0.2, 0.25) is 0 Å². The summed E-state index contributed by atoms with van der Waals surface area (Å²) < 4.78 is 0. The fourth-order valence-electron chi connectivity index (χ4n) is 1.19. The summed E-state index contributed by atoms with van der Waals surface area (Å²) in [6.07, 6.45) is 3.50. The van der Waals surface area contributed by atoms with E-state index in [1.165, 1.54) is 0 Å². The number of pyridine rings is 1. The normalized spacial score (nSPS) is 9.87. The van der Waals surface area contributed by atoms with Crippen molar-refractivity contribution in [2.75, 3.05) is 5.48 Å². The molecule has 0 unspecified atom stereocenters. The molecule has 0 bridgehead atoms. The first-order valence-corrected chi connectivity index (χ1v) is 4.77. The van der Waals surface area contributed by atoms with Crippen molar-refractivity contribution < 1.29 is 4.84 Å². The first kappa shape index (κ1) is 9.68. The van der Waals surface area contributed by atoms with Crippen molar-refractivity contribution in [2.45, 2.75) is 6.61 Å². The Morgan fingerprint density at radius 1 is 1.00 bits per heavy atom. The van der Waals surface area contributed by atoms with Crippen LogP contribution in [0.5, 0.6) is 0 Å². The molecular weight excluding hydrogens is 188 g/mol. The molecule has 0 radical (unpaired) electrons. The zero-order valence-corrected chi connectivity index (χ0v) is 8.26. The molecule has 1 aromatic carbocycles. The SMILES string of the molecule is c1ccc(NOCc2ccncc2)cc1. The summed E-state index contributed by atoms with van der Waals surface area (Å²) in [6.45, 7) is 0.525. The highest BCUT2D eigenvalue weighted by atomic mass is 16.6. The number of anilines is 1. The lowest BCUT2D eigenvalue weighted by Gasteiger charge is -2.06. The maximum atomic E-state index is 5.33. The zero-order valence-electron chi connectivity index (χ0n) is 8.26. The van der Waals surface area contributed by atoms with Crippen LogP contribution in [0.1, 0.15) is 5.56 Å². The van der Waals surface area contributed by atoms with Crippen molar-refractivity contribution in [3.05, 3.63) is 60.4 Å². The molecule has 0 aliphatic heterocycles. The number of hydrogen-bond acceptors (Lipinski definition) is 3. The van der Waals surface area contributed by atoms with Crippen molar-refractivity contribution in [3.8, 4) is 0 Å². The number of aromatic nitrogens is 1. The van der Waals surface area contributed by atoms with E-state index >= 15 is 0 Å². The molecule has 0 spiro atoms. The maximum absolute atomic E-state index is 5.33. The van der Waals surface area contributed by atoms with E-state index in [1.807, 2.05) is 42.5 Å². The van der Waals surface area contributed by atoms with Gasteiger partial charge in [-0.15, -0.1) is 0 Å². The Morgan fingerprint density at radius 3 is 2.47 bits per heavy atom. The van der Waals surface area contributed by atoms with Gasteiger partial charge < -0.3 is 0 Å². The van der Waals surface area contributed by atoms with Gasteiger partial charge in [-0.05, 0) is 29.8 Å². The highest BCUT2D eigenvalue weighted by molar-refractivity contribution is 5.40. The fourth-order valence-corrected chi connectivity index (χ4v) is 1.19. The lowest BCUT2D eigenvalue weighted by atomic mass is 10.3. The topological polar surface area (TPSA) is 34.1 Å². The fraction of sp³-hybridized carbons (Fsp3) is 0.0833. The van der Waals surface area contributed by atoms with Gasteiger partial charge >= 0.3 is 0 Å². The van der Waals surface area contributed by atoms with Gasteiger partial charge in [0.05, 0.1) is 12.3 Å². The molecule has 0 aliphatic rings. The Hall–Kier alpha value is -1.87. The molecule has 76 valence electrons. The second-order valence-corrected chi connectivity index (χ2v) is 3.11. The molecule has 0 saturated carbocycles. The van der Waals surface area contributed by atoms with Gasteiger partial charge in [-0.3, -0.25) is 15.3 Å². The molecule has 2 rings (SSSR count). The summed E-state index contributed by atoms with van der Waals surface area (Å²) in [5.74, 6) is 0. The highest BCUT2D eigenvalue weighted by Gasteiger charge is 1.92. The van der Waals surface area contributed by atoms with Gasteiger partial charge in [-0.2, -0.15) is 0 Å². The van der Waals surface area contributed by atoms with Crippen LogP contribution in [0.4, 0.5) is 5.69 Å². The van der Waals surface area contributed by atoms with Crippen LogP contribution in [0, 0.1) is 0 Å². The molecule has 0 aliphatic carbocycles. The van der Waals surface area contributed by atoms with Crippen LogP contribution in [0.25, 0.3) is 0 Å². The monoisotopic (exact) mass is 200 g/mol. The first-order chi connectivity index (χ1) is 7.45. The van der Waals surface area contributed by atoms with Crippen LogP contribution in [0.2, 0.25) is 0 Å². The number of hydrogen-bond donors (Lipinski definition) is 1. The second-order valence-electron chi connectivity index (χ2n) is 3.11. The molecule has 15 heavy (non-hydrogen) atoms. The Labute approximate surface area is 88.7 Å². The molecule has 0 saturated heterocycles. The molecule has 3 nitrogen and oxygen atoms in total. The van der Waals surface area contributed by atoms with E-state index in [4.69, 9.17) is 4.84 Å². The highest BCUT2D eigenvalue weighted by Crippen LogP contribution is 2.06. The number of benzene rings is 1. The minimum absolute atomic E-state index is 0.525. The Kier molecular flexibility index (Phi) is 3.30. The van der Waals surface area contributed by atoms with Gasteiger partial charge in [-0.1, -0.05) is 18.2 Å². The minimum atomic E-state index is 0.525. The zero-order chi connectivity index (χ0) is 10.3. The predicted molar refractivity (Wildman–Crippen MR) is 59.1 cm³/mol. The third kappa shape index (κ3) is 3.07. The molecular formula is C12H12N2O. The van der Waals surface area contributed by atoms with Crippen molar-refractivity contribution in [2.24, 2.45) is 0 Å². The van der Waals surface area contributed by atoms with Crippen molar-refractivity contribution in [1.82, 2.24) is 4.98 Å². The van der Waals surface area contributed by atoms with Crippen molar-refractivity contribution in [1.29, 1.82) is 0 Å². The Bertz CT molecular complexity index is 349. The van der Waals surface area contributed by atoms with Crippen LogP contribution in [0.3, 0.4) is 0 Å².